The van der Waals surface area contributed by atoms with Crippen LogP contribution in [-0.2, 0) is 4.79 Å². The Bertz CT molecular complexity index is 186. The Kier molecular flexibility index (Phi) is 1.34. The maximum atomic E-state index is 11.1. The lowest BCUT2D eigenvalue weighted by Gasteiger charge is -2.17. The SMILES string of the molecule is O=C1C=CCC2CNCC12. The molecule has 2 heteroatoms. The molecule has 0 aromatic rings. The average Bonchev–Trinajstić information content (AvgIpc) is 2.36. The van der Waals surface area contributed by atoms with Gasteiger partial charge in [-0.1, -0.05) is 6.08 Å². The van der Waals surface area contributed by atoms with Crippen LogP contribution in [0.4, 0.5) is 0 Å². The first-order valence-electron chi connectivity index (χ1n) is 3.79. The van der Waals surface area contributed by atoms with Crippen molar-refractivity contribution in [3.63, 3.8) is 0 Å². The zero-order valence-electron chi connectivity index (χ0n) is 5.84. The summed E-state index contributed by atoms with van der Waals surface area (Å²) in [5, 5.41) is 3.23. The molecule has 1 heterocycles. The maximum absolute atomic E-state index is 11.1. The van der Waals surface area contributed by atoms with E-state index in [0.29, 0.717) is 17.6 Å². The van der Waals surface area contributed by atoms with Gasteiger partial charge in [0.2, 0.25) is 0 Å². The first-order chi connectivity index (χ1) is 4.88. The van der Waals surface area contributed by atoms with Gasteiger partial charge in [0.25, 0.3) is 0 Å². The number of fused-ring (bicyclic) bond motifs is 1. The molecule has 0 radical (unpaired) electrons. The zero-order valence-corrected chi connectivity index (χ0v) is 5.84. The van der Waals surface area contributed by atoms with Crippen molar-refractivity contribution in [1.82, 2.24) is 5.32 Å². The predicted octanol–water partition coefficient (Wildman–Crippen LogP) is 0.351. The van der Waals surface area contributed by atoms with Gasteiger partial charge in [-0.05, 0) is 25.0 Å². The van der Waals surface area contributed by atoms with Crippen LogP contribution in [0.5, 0.6) is 0 Å². The summed E-state index contributed by atoms with van der Waals surface area (Å²) in [4.78, 5) is 11.1. The van der Waals surface area contributed by atoms with Crippen molar-refractivity contribution in [2.45, 2.75) is 6.42 Å². The minimum absolute atomic E-state index is 0.296. The van der Waals surface area contributed by atoms with E-state index in [4.69, 9.17) is 0 Å². The monoisotopic (exact) mass is 137 g/mol. The van der Waals surface area contributed by atoms with Crippen molar-refractivity contribution in [3.05, 3.63) is 12.2 Å². The molecule has 0 aromatic carbocycles. The van der Waals surface area contributed by atoms with Gasteiger partial charge >= 0.3 is 0 Å². The molecular formula is C8H11NO. The number of hydrogen-bond acceptors (Lipinski definition) is 2. The fraction of sp³-hybridized carbons (Fsp3) is 0.625. The Morgan fingerprint density at radius 2 is 2.40 bits per heavy atom. The molecule has 0 aromatic heterocycles. The molecule has 10 heavy (non-hydrogen) atoms. The van der Waals surface area contributed by atoms with Crippen molar-refractivity contribution < 1.29 is 4.79 Å². The summed E-state index contributed by atoms with van der Waals surface area (Å²) < 4.78 is 0. The Hall–Kier alpha value is -0.630. The molecule has 1 aliphatic carbocycles. The van der Waals surface area contributed by atoms with E-state index < -0.39 is 0 Å². The van der Waals surface area contributed by atoms with Gasteiger partial charge < -0.3 is 5.32 Å². The van der Waals surface area contributed by atoms with Gasteiger partial charge in [0.05, 0.1) is 0 Å². The Morgan fingerprint density at radius 1 is 1.50 bits per heavy atom. The van der Waals surface area contributed by atoms with E-state index >= 15 is 0 Å². The first-order valence-corrected chi connectivity index (χ1v) is 3.79. The van der Waals surface area contributed by atoms with Crippen molar-refractivity contribution in [2.75, 3.05) is 13.1 Å². The first kappa shape index (κ1) is 6.10. The maximum Gasteiger partial charge on any atom is 0.160 e. The van der Waals surface area contributed by atoms with Crippen LogP contribution in [0, 0.1) is 11.8 Å². The summed E-state index contributed by atoms with van der Waals surface area (Å²) in [6.07, 6.45) is 4.81. The average molecular weight is 137 g/mol. The largest absolute Gasteiger partial charge is 0.316 e. The molecule has 1 saturated heterocycles. The third kappa shape index (κ3) is 0.797. The predicted molar refractivity (Wildman–Crippen MR) is 38.6 cm³/mol. The normalized spacial score (nSPS) is 38.2. The Labute approximate surface area is 60.3 Å². The molecule has 2 rings (SSSR count). The van der Waals surface area contributed by atoms with Gasteiger partial charge in [-0.2, -0.15) is 0 Å². The van der Waals surface area contributed by atoms with Crippen LogP contribution in [-0.4, -0.2) is 18.9 Å². The van der Waals surface area contributed by atoms with E-state index in [0.717, 1.165) is 19.5 Å². The van der Waals surface area contributed by atoms with Gasteiger partial charge in [-0.3, -0.25) is 4.79 Å². The van der Waals surface area contributed by atoms with E-state index in [2.05, 4.69) is 5.32 Å². The number of allylic oxidation sites excluding steroid dienone is 2. The van der Waals surface area contributed by atoms with Crippen LogP contribution in [0.3, 0.4) is 0 Å². The van der Waals surface area contributed by atoms with Crippen LogP contribution < -0.4 is 5.32 Å². The molecule has 0 amide bonds. The molecule has 0 bridgehead atoms. The van der Waals surface area contributed by atoms with Crippen LogP contribution in [0.1, 0.15) is 6.42 Å². The summed E-state index contributed by atoms with van der Waals surface area (Å²) in [7, 11) is 0. The van der Waals surface area contributed by atoms with Gasteiger partial charge in [-0.25, -0.2) is 0 Å². The fourth-order valence-electron chi connectivity index (χ4n) is 1.80. The quantitative estimate of drug-likeness (QED) is 0.522. The fourth-order valence-corrected chi connectivity index (χ4v) is 1.80. The van der Waals surface area contributed by atoms with Gasteiger partial charge in [0.1, 0.15) is 0 Å². The van der Waals surface area contributed by atoms with Crippen LogP contribution in [0.15, 0.2) is 12.2 Å². The minimum atomic E-state index is 0.296. The summed E-state index contributed by atoms with van der Waals surface area (Å²) in [5.41, 5.74) is 0. The second-order valence-corrected chi connectivity index (χ2v) is 3.07. The lowest BCUT2D eigenvalue weighted by molar-refractivity contribution is -0.119. The molecule has 2 aliphatic rings. The molecule has 2 nitrogen and oxygen atoms in total. The molecule has 0 saturated carbocycles. The summed E-state index contributed by atoms with van der Waals surface area (Å²) >= 11 is 0. The van der Waals surface area contributed by atoms with E-state index in [9.17, 15) is 4.79 Å². The highest BCUT2D eigenvalue weighted by Crippen LogP contribution is 2.25. The van der Waals surface area contributed by atoms with E-state index in [1.54, 1.807) is 6.08 Å². The number of hydrogen-bond donors (Lipinski definition) is 1. The lowest BCUT2D eigenvalue weighted by Crippen LogP contribution is -2.23. The number of carbonyl (C=O) groups excluding carboxylic acids is 1. The standard InChI is InChI=1S/C8H11NO/c10-8-3-1-2-6-4-9-5-7(6)8/h1,3,6-7,9H,2,4-5H2. The van der Waals surface area contributed by atoms with Crippen molar-refractivity contribution in [1.29, 1.82) is 0 Å². The molecule has 54 valence electrons. The van der Waals surface area contributed by atoms with Crippen molar-refractivity contribution in [3.8, 4) is 0 Å². The molecular weight excluding hydrogens is 126 g/mol. The van der Waals surface area contributed by atoms with Gasteiger partial charge in [0.15, 0.2) is 5.78 Å². The topological polar surface area (TPSA) is 29.1 Å². The van der Waals surface area contributed by atoms with Crippen molar-refractivity contribution in [2.24, 2.45) is 11.8 Å². The third-order valence-corrected chi connectivity index (χ3v) is 2.43. The summed E-state index contributed by atoms with van der Waals surface area (Å²) in [6, 6.07) is 0. The molecule has 2 unspecified atom stereocenters. The van der Waals surface area contributed by atoms with Crippen LogP contribution >= 0.6 is 0 Å². The van der Waals surface area contributed by atoms with E-state index in [1.807, 2.05) is 6.08 Å². The molecule has 2 atom stereocenters. The second-order valence-electron chi connectivity index (χ2n) is 3.07. The van der Waals surface area contributed by atoms with E-state index in [1.165, 1.54) is 0 Å². The van der Waals surface area contributed by atoms with Crippen LogP contribution in [0.25, 0.3) is 0 Å². The number of ketones is 1. The zero-order chi connectivity index (χ0) is 6.97. The molecule has 1 N–H and O–H groups in total. The summed E-state index contributed by atoms with van der Waals surface area (Å²) in [5.74, 6) is 1.21. The van der Waals surface area contributed by atoms with Crippen LogP contribution in [0.2, 0.25) is 0 Å². The highest BCUT2D eigenvalue weighted by molar-refractivity contribution is 5.93. The highest BCUT2D eigenvalue weighted by Gasteiger charge is 2.32. The number of carbonyl (C=O) groups is 1. The Balaban J connectivity index is 2.20. The highest BCUT2D eigenvalue weighted by atomic mass is 16.1. The lowest BCUT2D eigenvalue weighted by atomic mass is 9.85. The van der Waals surface area contributed by atoms with Gasteiger partial charge in [0, 0.05) is 12.5 Å². The second kappa shape index (κ2) is 2.20. The van der Waals surface area contributed by atoms with E-state index in [-0.39, 0.29) is 0 Å². The number of nitrogens with one attached hydrogen (secondary N) is 1. The molecule has 1 fully saturated rings. The minimum Gasteiger partial charge on any atom is -0.316 e. The number of rotatable bonds is 0. The smallest absolute Gasteiger partial charge is 0.160 e. The molecule has 0 spiro atoms. The summed E-state index contributed by atoms with van der Waals surface area (Å²) in [6.45, 7) is 1.93. The van der Waals surface area contributed by atoms with Gasteiger partial charge in [-0.15, -0.1) is 0 Å². The Morgan fingerprint density at radius 3 is 3.20 bits per heavy atom. The van der Waals surface area contributed by atoms with Crippen molar-refractivity contribution >= 4 is 5.78 Å². The molecule has 1 aliphatic heterocycles. The third-order valence-electron chi connectivity index (χ3n) is 2.43.